The Labute approximate surface area is 105 Å². The maximum atomic E-state index is 11.8. The summed E-state index contributed by atoms with van der Waals surface area (Å²) in [6.07, 6.45) is 0. The summed E-state index contributed by atoms with van der Waals surface area (Å²) in [5.41, 5.74) is 1.47. The third kappa shape index (κ3) is 2.91. The average molecular weight is 209 g/mol. The molecule has 0 aliphatic heterocycles. The number of benzene rings is 2. The van der Waals surface area contributed by atoms with Gasteiger partial charge in [-0.25, -0.2) is 0 Å². The van der Waals surface area contributed by atoms with Crippen LogP contribution in [0.3, 0.4) is 0 Å². The first-order chi connectivity index (χ1) is 6.88. The molecule has 2 heteroatoms. The highest BCUT2D eigenvalue weighted by Gasteiger charge is 2.06. The van der Waals surface area contributed by atoms with E-state index in [-0.39, 0.29) is 28.8 Å². The van der Waals surface area contributed by atoms with Gasteiger partial charge in [-0.2, -0.15) is 0 Å². The van der Waals surface area contributed by atoms with Crippen molar-refractivity contribution >= 4 is 28.8 Å². The lowest BCUT2D eigenvalue weighted by Crippen LogP contribution is -1.99. The number of carbonyl (C=O) groups excluding carboxylic acids is 1. The van der Waals surface area contributed by atoms with E-state index < -0.39 is 0 Å². The second kappa shape index (κ2) is 5.68. The quantitative estimate of drug-likeness (QED) is 0.545. The topological polar surface area (TPSA) is 17.1 Å². The van der Waals surface area contributed by atoms with Crippen LogP contribution in [-0.2, 0) is 0 Å². The number of carbonyl (C=O) groups is 1. The van der Waals surface area contributed by atoms with Gasteiger partial charge in [0.15, 0.2) is 5.78 Å². The predicted molar refractivity (Wildman–Crippen MR) is 64.9 cm³/mol. The summed E-state index contributed by atoms with van der Waals surface area (Å²) >= 11 is 0. The summed E-state index contributed by atoms with van der Waals surface area (Å²) in [6, 6.07) is 18.6. The molecule has 0 aromatic heterocycles. The zero-order valence-corrected chi connectivity index (χ0v) is 7.68. The van der Waals surface area contributed by atoms with Crippen LogP contribution in [-0.4, -0.2) is 28.8 Å². The van der Waals surface area contributed by atoms with E-state index >= 15 is 0 Å². The number of hydrogen-bond donors (Lipinski definition) is 0. The molecule has 0 spiro atoms. The fourth-order valence-corrected chi connectivity index (χ4v) is 1.35. The molecule has 0 saturated heterocycles. The van der Waals surface area contributed by atoms with E-state index in [1.54, 1.807) is 0 Å². The van der Waals surface area contributed by atoms with Crippen LogP contribution in [0.1, 0.15) is 15.9 Å². The molecule has 0 N–H and O–H groups in total. The van der Waals surface area contributed by atoms with E-state index in [2.05, 4.69) is 0 Å². The van der Waals surface area contributed by atoms with Crippen molar-refractivity contribution in [2.24, 2.45) is 0 Å². The molecular weight excluding hydrogens is 196 g/mol. The zero-order valence-electron chi connectivity index (χ0n) is 7.68. The summed E-state index contributed by atoms with van der Waals surface area (Å²) in [6.45, 7) is 0. The van der Waals surface area contributed by atoms with Crippen LogP contribution in [0.2, 0.25) is 0 Å². The Kier molecular flexibility index (Phi) is 4.53. The molecule has 0 atom stereocenters. The van der Waals surface area contributed by atoms with Crippen molar-refractivity contribution in [2.45, 2.75) is 0 Å². The van der Waals surface area contributed by atoms with Gasteiger partial charge in [0.05, 0.1) is 0 Å². The third-order valence-corrected chi connectivity index (χ3v) is 2.07. The minimum Gasteiger partial charge on any atom is -0.289 e. The first-order valence-corrected chi connectivity index (χ1v) is 4.53. The first-order valence-electron chi connectivity index (χ1n) is 4.53. The van der Waals surface area contributed by atoms with Gasteiger partial charge in [0.2, 0.25) is 0 Å². The normalized spacial score (nSPS) is 9.07. The van der Waals surface area contributed by atoms with Crippen LogP contribution >= 0.6 is 0 Å². The zero-order chi connectivity index (χ0) is 9.80. The Morgan fingerprint density at radius 3 is 1.33 bits per heavy atom. The van der Waals surface area contributed by atoms with E-state index in [9.17, 15) is 4.79 Å². The minimum atomic E-state index is 0. The van der Waals surface area contributed by atoms with Crippen LogP contribution in [0, 0.1) is 0 Å². The predicted octanol–water partition coefficient (Wildman–Crippen LogP) is 2.00. The molecule has 0 bridgehead atoms. The van der Waals surface area contributed by atoms with Gasteiger partial charge in [-0.05, 0) is 0 Å². The fourth-order valence-electron chi connectivity index (χ4n) is 1.35. The second-order valence-electron chi connectivity index (χ2n) is 3.06. The van der Waals surface area contributed by atoms with Crippen LogP contribution in [0.5, 0.6) is 0 Å². The highest BCUT2D eigenvalue weighted by atomic mass is 24.3. The molecule has 1 nitrogen and oxygen atoms in total. The number of hydrogen-bond acceptors (Lipinski definition) is 1. The SMILES string of the molecule is O=C(c1ccccc1)c1ccccc1.[MgH2]. The Bertz CT molecular complexity index is 381. The van der Waals surface area contributed by atoms with Gasteiger partial charge in [0, 0.05) is 11.1 Å². The van der Waals surface area contributed by atoms with Crippen LogP contribution < -0.4 is 0 Å². The second-order valence-corrected chi connectivity index (χ2v) is 3.06. The van der Waals surface area contributed by atoms with Gasteiger partial charge < -0.3 is 0 Å². The smallest absolute Gasteiger partial charge is 0.289 e. The molecule has 0 saturated carbocycles. The lowest BCUT2D eigenvalue weighted by Gasteiger charge is -1.99. The van der Waals surface area contributed by atoms with Crippen molar-refractivity contribution in [3.05, 3.63) is 71.8 Å². The lowest BCUT2D eigenvalue weighted by molar-refractivity contribution is 0.103. The van der Waals surface area contributed by atoms with Crippen molar-refractivity contribution < 1.29 is 4.79 Å². The highest BCUT2D eigenvalue weighted by Crippen LogP contribution is 2.08. The van der Waals surface area contributed by atoms with Gasteiger partial charge in [-0.3, -0.25) is 4.79 Å². The molecule has 0 fully saturated rings. The Morgan fingerprint density at radius 1 is 0.667 bits per heavy atom. The molecule has 0 amide bonds. The van der Waals surface area contributed by atoms with Gasteiger partial charge in [0.25, 0.3) is 0 Å². The third-order valence-electron chi connectivity index (χ3n) is 2.07. The molecular formula is C13H12MgO. The monoisotopic (exact) mass is 208 g/mol. The first kappa shape index (κ1) is 11.9. The van der Waals surface area contributed by atoms with E-state index in [0.717, 1.165) is 11.1 Å². The molecule has 2 aromatic rings. The largest absolute Gasteiger partial charge is 0.316 e. The van der Waals surface area contributed by atoms with Gasteiger partial charge in [-0.15, -0.1) is 0 Å². The number of ketones is 1. The molecule has 0 radical (unpaired) electrons. The summed E-state index contributed by atoms with van der Waals surface area (Å²) in [5.74, 6) is 0.0752. The van der Waals surface area contributed by atoms with E-state index in [0.29, 0.717) is 0 Å². The Morgan fingerprint density at radius 2 is 1.00 bits per heavy atom. The average Bonchev–Trinajstić information content (AvgIpc) is 2.30. The summed E-state index contributed by atoms with van der Waals surface area (Å²) in [4.78, 5) is 11.8. The molecule has 0 aliphatic rings. The molecule has 0 aliphatic carbocycles. The maximum Gasteiger partial charge on any atom is 0.316 e. The van der Waals surface area contributed by atoms with Gasteiger partial charge in [-0.1, -0.05) is 60.7 Å². The fraction of sp³-hybridized carbons (Fsp3) is 0. The van der Waals surface area contributed by atoms with Crippen molar-refractivity contribution in [3.8, 4) is 0 Å². The highest BCUT2D eigenvalue weighted by molar-refractivity contribution is 6.08. The molecule has 0 heterocycles. The summed E-state index contributed by atoms with van der Waals surface area (Å²) < 4.78 is 0. The maximum absolute atomic E-state index is 11.8. The summed E-state index contributed by atoms with van der Waals surface area (Å²) in [5, 5.41) is 0. The number of rotatable bonds is 2. The lowest BCUT2D eigenvalue weighted by atomic mass is 10.0. The van der Waals surface area contributed by atoms with Crippen molar-refractivity contribution in [1.29, 1.82) is 0 Å². The van der Waals surface area contributed by atoms with Crippen molar-refractivity contribution in [1.82, 2.24) is 0 Å². The summed E-state index contributed by atoms with van der Waals surface area (Å²) in [7, 11) is 0. The molecule has 2 aromatic carbocycles. The van der Waals surface area contributed by atoms with E-state index in [1.165, 1.54) is 0 Å². The molecule has 0 unspecified atom stereocenters. The van der Waals surface area contributed by atoms with Crippen molar-refractivity contribution in [3.63, 3.8) is 0 Å². The van der Waals surface area contributed by atoms with Crippen LogP contribution in [0.25, 0.3) is 0 Å². The van der Waals surface area contributed by atoms with Gasteiger partial charge in [0.1, 0.15) is 0 Å². The van der Waals surface area contributed by atoms with Gasteiger partial charge >= 0.3 is 23.1 Å². The molecule has 15 heavy (non-hydrogen) atoms. The minimum absolute atomic E-state index is 0. The Balaban J connectivity index is 0.00000112. The Hall–Kier alpha value is -1.12. The molecule has 72 valence electrons. The standard InChI is InChI=1S/C13H10O.Mg.2H/c14-13(11-7-3-1-4-8-11)12-9-5-2-6-10-12;;;/h1-10H;;;. The van der Waals surface area contributed by atoms with E-state index in [4.69, 9.17) is 0 Å². The van der Waals surface area contributed by atoms with Crippen LogP contribution in [0.15, 0.2) is 60.7 Å². The molecule has 2 rings (SSSR count). The van der Waals surface area contributed by atoms with E-state index in [1.807, 2.05) is 60.7 Å². The van der Waals surface area contributed by atoms with Crippen molar-refractivity contribution in [2.75, 3.05) is 0 Å². The van der Waals surface area contributed by atoms with Crippen LogP contribution in [0.4, 0.5) is 0 Å².